The Morgan fingerprint density at radius 2 is 1.64 bits per heavy atom. The van der Waals surface area contributed by atoms with Crippen LogP contribution < -0.4 is 17.0 Å². The molecule has 3 aliphatic heterocycles. The van der Waals surface area contributed by atoms with Crippen molar-refractivity contribution < 1.29 is 52.5 Å². The summed E-state index contributed by atoms with van der Waals surface area (Å²) in [5, 5.41) is 22.1. The van der Waals surface area contributed by atoms with Crippen LogP contribution in [0, 0.1) is 0 Å². The van der Waals surface area contributed by atoms with Gasteiger partial charge in [0.2, 0.25) is 5.95 Å². The van der Waals surface area contributed by atoms with E-state index in [2.05, 4.69) is 29.9 Å². The highest BCUT2D eigenvalue weighted by atomic mass is 31.2. The molecule has 8 N–H and O–H groups in total. The van der Waals surface area contributed by atoms with Crippen LogP contribution in [0.4, 0.5) is 16.6 Å². The molecule has 3 aliphatic rings. The molecule has 0 aromatic carbocycles. The minimum atomic E-state index is -5.00. The third-order valence-corrected chi connectivity index (χ3v) is 8.25. The van der Waals surface area contributed by atoms with E-state index in [0.29, 0.717) is 0 Å². The highest BCUT2D eigenvalue weighted by Gasteiger charge is 2.53. The smallest absolute Gasteiger partial charge is 0.431 e. The number of aromatic amines is 1. The molecule has 0 aliphatic carbocycles. The van der Waals surface area contributed by atoms with Crippen molar-refractivity contribution in [3.8, 4) is 0 Å². The first kappa shape index (κ1) is 28.5. The number of nitrogens with two attached hydrogens (primary N) is 2. The molecular formula is C21H23N10O12P. The van der Waals surface area contributed by atoms with Gasteiger partial charge in [0, 0.05) is 0 Å². The van der Waals surface area contributed by atoms with E-state index in [-0.39, 0.29) is 34.1 Å². The molecule has 23 heteroatoms. The highest BCUT2D eigenvalue weighted by molar-refractivity contribution is 7.47. The number of cyclic esters (lactones) is 1. The molecule has 4 aromatic heterocycles. The lowest BCUT2D eigenvalue weighted by Crippen LogP contribution is -2.38. The zero-order valence-electron chi connectivity index (χ0n) is 22.0. The van der Waals surface area contributed by atoms with E-state index in [1.807, 2.05) is 0 Å². The second kappa shape index (κ2) is 10.4. The number of aliphatic hydroxyl groups excluding tert-OH is 2. The van der Waals surface area contributed by atoms with E-state index in [1.165, 1.54) is 21.8 Å². The summed E-state index contributed by atoms with van der Waals surface area (Å²) < 4.78 is 48.2. The Balaban J connectivity index is 1.18. The van der Waals surface area contributed by atoms with Crippen LogP contribution in [0.5, 0.6) is 0 Å². The van der Waals surface area contributed by atoms with E-state index in [1.54, 1.807) is 0 Å². The van der Waals surface area contributed by atoms with Gasteiger partial charge in [0.15, 0.2) is 41.2 Å². The zero-order valence-corrected chi connectivity index (χ0v) is 22.9. The quantitative estimate of drug-likeness (QED) is 0.0991. The van der Waals surface area contributed by atoms with Crippen molar-refractivity contribution in [3.63, 3.8) is 0 Å². The standard InChI is InChI=1S/C21H23N10O12P/c22-14-8-15(25-3-24-14)30(4-26-8)18-11(33)12-7(41-18)1-38-21(35)42-13-10(32)6(2-39-44(36,37)43-12)40-19(13)31-5-27-9-16(31)28-20(23)29-17(9)34/h3-7,10-13,18-19,32-33H,1-2H2,(H,36,37)(H2,22,24,25)(H3,23,28,29,34). The minimum absolute atomic E-state index is 0.0615. The Kier molecular flexibility index (Phi) is 6.75. The van der Waals surface area contributed by atoms with E-state index < -0.39 is 81.8 Å². The van der Waals surface area contributed by atoms with Crippen LogP contribution in [0.25, 0.3) is 22.3 Å². The van der Waals surface area contributed by atoms with Crippen molar-refractivity contribution in [1.29, 1.82) is 0 Å². The van der Waals surface area contributed by atoms with Crippen molar-refractivity contribution in [2.75, 3.05) is 24.7 Å². The minimum Gasteiger partial charge on any atom is -0.431 e. The highest BCUT2D eigenvalue weighted by Crippen LogP contribution is 2.49. The number of fused-ring (bicyclic) bond motifs is 5. The summed E-state index contributed by atoms with van der Waals surface area (Å²) in [6, 6.07) is 0. The largest absolute Gasteiger partial charge is 0.508 e. The Morgan fingerprint density at radius 3 is 2.43 bits per heavy atom. The molecule has 0 spiro atoms. The average Bonchev–Trinajstić information content (AvgIpc) is 3.72. The van der Waals surface area contributed by atoms with Gasteiger partial charge >= 0.3 is 14.0 Å². The van der Waals surface area contributed by atoms with Crippen molar-refractivity contribution in [2.45, 2.75) is 49.1 Å². The predicted molar refractivity (Wildman–Crippen MR) is 139 cm³/mol. The SMILES string of the molecule is Nc1nc2c(ncn2C2OC3COP(=O)(O)OC4C(COC(=O)OC2C3O)OC(n2cnc3c(N)ncnc32)C4O)c(=O)[nH]1. The maximum absolute atomic E-state index is 13.0. The Labute approximate surface area is 243 Å². The van der Waals surface area contributed by atoms with Gasteiger partial charge in [0.05, 0.1) is 19.3 Å². The van der Waals surface area contributed by atoms with Crippen LogP contribution in [-0.4, -0.2) is 110 Å². The average molecular weight is 638 g/mol. The molecule has 4 aromatic rings. The van der Waals surface area contributed by atoms with Crippen LogP contribution in [-0.2, 0) is 32.6 Å². The third kappa shape index (κ3) is 4.73. The second-order valence-electron chi connectivity index (χ2n) is 9.95. The molecular weight excluding hydrogens is 615 g/mol. The Bertz CT molecular complexity index is 1860. The van der Waals surface area contributed by atoms with E-state index in [4.69, 9.17) is 39.5 Å². The van der Waals surface area contributed by atoms with Gasteiger partial charge in [0.1, 0.15) is 49.0 Å². The van der Waals surface area contributed by atoms with Gasteiger partial charge in [-0.15, -0.1) is 0 Å². The van der Waals surface area contributed by atoms with Crippen LogP contribution in [0.15, 0.2) is 23.8 Å². The molecule has 2 bridgehead atoms. The third-order valence-electron chi connectivity index (χ3n) is 7.26. The molecule has 44 heavy (non-hydrogen) atoms. The number of nitrogens with one attached hydrogen (secondary N) is 1. The zero-order chi connectivity index (χ0) is 30.9. The monoisotopic (exact) mass is 638 g/mol. The number of phosphoric acid groups is 1. The number of aliphatic hydroxyl groups is 2. The molecule has 9 atom stereocenters. The van der Waals surface area contributed by atoms with Gasteiger partial charge in [-0.3, -0.25) is 28.0 Å². The maximum atomic E-state index is 13.0. The molecule has 3 saturated heterocycles. The topological polar surface area (TPSA) is 309 Å². The number of ether oxygens (including phenoxy) is 4. The molecule has 7 rings (SSSR count). The van der Waals surface area contributed by atoms with Gasteiger partial charge < -0.3 is 45.5 Å². The maximum Gasteiger partial charge on any atom is 0.508 e. The number of phosphoric ester groups is 1. The lowest BCUT2D eigenvalue weighted by molar-refractivity contribution is -0.0855. The molecule has 234 valence electrons. The summed E-state index contributed by atoms with van der Waals surface area (Å²) in [6.45, 7) is -1.40. The Hall–Kier alpha value is -4.28. The first-order valence-corrected chi connectivity index (χ1v) is 14.3. The second-order valence-corrected chi connectivity index (χ2v) is 11.4. The first-order valence-electron chi connectivity index (χ1n) is 12.8. The number of carbonyl (C=O) groups is 1. The molecule has 9 unspecified atom stereocenters. The Morgan fingerprint density at radius 1 is 0.909 bits per heavy atom. The van der Waals surface area contributed by atoms with Gasteiger partial charge in [-0.05, 0) is 0 Å². The predicted octanol–water partition coefficient (Wildman–Crippen LogP) is -2.32. The fourth-order valence-electron chi connectivity index (χ4n) is 5.25. The summed E-state index contributed by atoms with van der Waals surface area (Å²) >= 11 is 0. The number of anilines is 2. The van der Waals surface area contributed by atoms with Crippen molar-refractivity contribution in [3.05, 3.63) is 29.3 Å². The number of hydrogen-bond donors (Lipinski definition) is 6. The van der Waals surface area contributed by atoms with E-state index in [0.717, 1.165) is 6.33 Å². The van der Waals surface area contributed by atoms with Crippen LogP contribution in [0.3, 0.4) is 0 Å². The fraction of sp³-hybridized carbons (Fsp3) is 0.476. The van der Waals surface area contributed by atoms with Crippen molar-refractivity contribution in [2.24, 2.45) is 0 Å². The lowest BCUT2D eigenvalue weighted by atomic mass is 10.1. The van der Waals surface area contributed by atoms with Gasteiger partial charge in [-0.25, -0.2) is 29.3 Å². The van der Waals surface area contributed by atoms with E-state index >= 15 is 0 Å². The molecule has 22 nitrogen and oxygen atoms in total. The molecule has 3 fully saturated rings. The number of nitrogens with zero attached hydrogens (tertiary/aromatic N) is 7. The number of rotatable bonds is 2. The van der Waals surface area contributed by atoms with Crippen LogP contribution in [0.2, 0.25) is 0 Å². The lowest BCUT2D eigenvalue weighted by Gasteiger charge is -2.24. The van der Waals surface area contributed by atoms with Gasteiger partial charge in [0.25, 0.3) is 5.56 Å². The normalized spacial score (nSPS) is 34.6. The van der Waals surface area contributed by atoms with Gasteiger partial charge in [-0.1, -0.05) is 0 Å². The van der Waals surface area contributed by atoms with Crippen molar-refractivity contribution >= 4 is 48.1 Å². The van der Waals surface area contributed by atoms with Crippen LogP contribution in [0.1, 0.15) is 12.5 Å². The number of nitrogen functional groups attached to an aromatic ring is 2. The molecule has 0 radical (unpaired) electrons. The number of aromatic nitrogens is 8. The number of hydrogen-bond acceptors (Lipinski definition) is 18. The summed E-state index contributed by atoms with van der Waals surface area (Å²) in [5.74, 6) is -0.183. The summed E-state index contributed by atoms with van der Waals surface area (Å²) in [7, 11) is -5.00. The number of imidazole rings is 2. The summed E-state index contributed by atoms with van der Waals surface area (Å²) in [6.07, 6.45) is -9.47. The van der Waals surface area contributed by atoms with Gasteiger partial charge in [-0.2, -0.15) is 4.98 Å². The first-order chi connectivity index (χ1) is 21.0. The fourth-order valence-corrected chi connectivity index (χ4v) is 6.22. The molecule has 0 amide bonds. The number of H-pyrrole nitrogens is 1. The number of carbonyl (C=O) groups excluding carboxylic acids is 1. The summed E-state index contributed by atoms with van der Waals surface area (Å²) in [4.78, 5) is 58.1. The molecule has 7 heterocycles. The van der Waals surface area contributed by atoms with Crippen LogP contribution >= 0.6 is 7.82 Å². The molecule has 0 saturated carbocycles. The van der Waals surface area contributed by atoms with Crippen molar-refractivity contribution in [1.82, 2.24) is 39.0 Å². The van der Waals surface area contributed by atoms with E-state index in [9.17, 15) is 29.3 Å². The summed E-state index contributed by atoms with van der Waals surface area (Å²) in [5.41, 5.74) is 11.0.